The lowest BCUT2D eigenvalue weighted by molar-refractivity contribution is 0.252. The second-order valence-electron chi connectivity index (χ2n) is 4.49. The molecule has 2 N–H and O–H groups in total. The first-order valence-corrected chi connectivity index (χ1v) is 6.30. The number of nitrogens with two attached hydrogens (primary N) is 1. The number of benzene rings is 1. The van der Waals surface area contributed by atoms with Gasteiger partial charge in [0.1, 0.15) is 5.75 Å². The first-order valence-electron chi connectivity index (χ1n) is 6.30. The molecule has 0 aromatic heterocycles. The Balaban J connectivity index is 1.84. The van der Waals surface area contributed by atoms with Gasteiger partial charge in [0.2, 0.25) is 0 Å². The Kier molecular flexibility index (Phi) is 4.46. The van der Waals surface area contributed by atoms with Gasteiger partial charge in [-0.15, -0.1) is 0 Å². The fourth-order valence-electron chi connectivity index (χ4n) is 2.18. The van der Waals surface area contributed by atoms with E-state index in [4.69, 9.17) is 10.5 Å². The van der Waals surface area contributed by atoms with Gasteiger partial charge in [-0.2, -0.15) is 0 Å². The Morgan fingerprint density at radius 2 is 1.88 bits per heavy atom. The van der Waals surface area contributed by atoms with E-state index in [1.54, 1.807) is 0 Å². The van der Waals surface area contributed by atoms with Crippen LogP contribution in [0.4, 0.5) is 0 Å². The molecule has 17 heavy (non-hydrogen) atoms. The van der Waals surface area contributed by atoms with Crippen molar-refractivity contribution in [3.63, 3.8) is 0 Å². The van der Waals surface area contributed by atoms with Gasteiger partial charge in [0.25, 0.3) is 0 Å². The monoisotopic (exact) mass is 229 g/mol. The van der Waals surface area contributed by atoms with E-state index in [0.717, 1.165) is 23.8 Å². The Morgan fingerprint density at radius 1 is 1.18 bits per heavy atom. The van der Waals surface area contributed by atoms with Crippen molar-refractivity contribution in [3.8, 4) is 17.6 Å². The molecule has 0 saturated heterocycles. The van der Waals surface area contributed by atoms with Crippen LogP contribution in [0.1, 0.15) is 31.2 Å². The Labute approximate surface area is 103 Å². The Bertz CT molecular complexity index is 393. The van der Waals surface area contributed by atoms with E-state index in [0.29, 0.717) is 6.54 Å². The molecule has 0 unspecified atom stereocenters. The number of hydrogen-bond donors (Lipinski definition) is 1. The highest BCUT2D eigenvalue weighted by Crippen LogP contribution is 2.25. The molecule has 0 aliphatic heterocycles. The van der Waals surface area contributed by atoms with Crippen LogP contribution in [0.2, 0.25) is 0 Å². The smallest absolute Gasteiger partial charge is 0.119 e. The third kappa shape index (κ3) is 3.80. The molecule has 2 nitrogen and oxygen atoms in total. The fraction of sp³-hybridized carbons (Fsp3) is 0.467. The van der Waals surface area contributed by atoms with E-state index in [-0.39, 0.29) is 0 Å². The molecule has 1 aliphatic carbocycles. The summed E-state index contributed by atoms with van der Waals surface area (Å²) in [6.45, 7) is 1.26. The largest absolute Gasteiger partial charge is 0.493 e. The molecule has 0 bridgehead atoms. The van der Waals surface area contributed by atoms with Crippen LogP contribution >= 0.6 is 0 Å². The lowest BCUT2D eigenvalue weighted by Crippen LogP contribution is -2.07. The van der Waals surface area contributed by atoms with E-state index >= 15 is 0 Å². The maximum atomic E-state index is 5.78. The van der Waals surface area contributed by atoms with Crippen molar-refractivity contribution in [1.82, 2.24) is 0 Å². The van der Waals surface area contributed by atoms with Gasteiger partial charge in [-0.25, -0.2) is 0 Å². The molecular formula is C15H19NO. The standard InChI is InChI=1S/C15H19NO/c16-11-3-6-13-7-9-15(10-8-13)17-12-14-4-1-2-5-14/h7-10,14H,1-2,4-5,11-12,16H2. The van der Waals surface area contributed by atoms with Crippen molar-refractivity contribution in [2.45, 2.75) is 25.7 Å². The second-order valence-corrected chi connectivity index (χ2v) is 4.49. The third-order valence-electron chi connectivity index (χ3n) is 3.15. The maximum absolute atomic E-state index is 5.78. The zero-order valence-corrected chi connectivity index (χ0v) is 10.1. The quantitative estimate of drug-likeness (QED) is 0.808. The summed E-state index contributed by atoms with van der Waals surface area (Å²) in [6, 6.07) is 7.92. The van der Waals surface area contributed by atoms with Crippen LogP contribution in [-0.4, -0.2) is 13.2 Å². The van der Waals surface area contributed by atoms with E-state index < -0.39 is 0 Å². The van der Waals surface area contributed by atoms with Crippen LogP contribution in [-0.2, 0) is 0 Å². The van der Waals surface area contributed by atoms with Crippen molar-refractivity contribution in [3.05, 3.63) is 29.8 Å². The first kappa shape index (κ1) is 12.0. The van der Waals surface area contributed by atoms with Crippen molar-refractivity contribution in [2.75, 3.05) is 13.2 Å². The summed E-state index contributed by atoms with van der Waals surface area (Å²) >= 11 is 0. The van der Waals surface area contributed by atoms with Gasteiger partial charge in [-0.3, -0.25) is 0 Å². The molecule has 2 heteroatoms. The highest BCUT2D eigenvalue weighted by molar-refractivity contribution is 5.38. The molecular weight excluding hydrogens is 210 g/mol. The van der Waals surface area contributed by atoms with Gasteiger partial charge in [0, 0.05) is 5.56 Å². The summed E-state index contributed by atoms with van der Waals surface area (Å²) in [6.07, 6.45) is 5.36. The molecule has 1 aromatic carbocycles. The van der Waals surface area contributed by atoms with Gasteiger partial charge in [0.05, 0.1) is 13.2 Å². The van der Waals surface area contributed by atoms with E-state index in [1.807, 2.05) is 24.3 Å². The topological polar surface area (TPSA) is 35.2 Å². The minimum atomic E-state index is 0.403. The lowest BCUT2D eigenvalue weighted by Gasteiger charge is -2.11. The number of hydrogen-bond acceptors (Lipinski definition) is 2. The highest BCUT2D eigenvalue weighted by atomic mass is 16.5. The average Bonchev–Trinajstić information content (AvgIpc) is 2.88. The van der Waals surface area contributed by atoms with Crippen molar-refractivity contribution in [1.29, 1.82) is 0 Å². The molecule has 0 atom stereocenters. The van der Waals surface area contributed by atoms with Gasteiger partial charge in [-0.1, -0.05) is 24.7 Å². The van der Waals surface area contributed by atoms with Crippen LogP contribution in [0.5, 0.6) is 5.75 Å². The van der Waals surface area contributed by atoms with Gasteiger partial charge in [0.15, 0.2) is 0 Å². The maximum Gasteiger partial charge on any atom is 0.119 e. The SMILES string of the molecule is NCC#Cc1ccc(OCC2CCCC2)cc1. The molecule has 1 aliphatic rings. The molecule has 0 spiro atoms. The third-order valence-corrected chi connectivity index (χ3v) is 3.15. The molecule has 0 amide bonds. The predicted octanol–water partition coefficient (Wildman–Crippen LogP) is 2.57. The zero-order valence-electron chi connectivity index (χ0n) is 10.1. The summed E-state index contributed by atoms with van der Waals surface area (Å²) in [4.78, 5) is 0. The highest BCUT2D eigenvalue weighted by Gasteiger charge is 2.15. The van der Waals surface area contributed by atoms with Crippen LogP contribution < -0.4 is 10.5 Å². The normalized spacial score (nSPS) is 15.4. The van der Waals surface area contributed by atoms with Crippen molar-refractivity contribution >= 4 is 0 Å². The molecule has 1 aromatic rings. The van der Waals surface area contributed by atoms with Crippen LogP contribution in [0.3, 0.4) is 0 Å². The minimum Gasteiger partial charge on any atom is -0.493 e. The Morgan fingerprint density at radius 3 is 2.53 bits per heavy atom. The summed E-state index contributed by atoms with van der Waals surface area (Å²) in [7, 11) is 0. The molecule has 0 radical (unpaired) electrons. The van der Waals surface area contributed by atoms with E-state index in [1.165, 1.54) is 25.7 Å². The zero-order chi connectivity index (χ0) is 11.9. The van der Waals surface area contributed by atoms with Crippen LogP contribution in [0.25, 0.3) is 0 Å². The van der Waals surface area contributed by atoms with Gasteiger partial charge < -0.3 is 10.5 Å². The van der Waals surface area contributed by atoms with Crippen LogP contribution in [0.15, 0.2) is 24.3 Å². The van der Waals surface area contributed by atoms with Crippen molar-refractivity contribution in [2.24, 2.45) is 11.7 Å². The van der Waals surface area contributed by atoms with Crippen LogP contribution in [0, 0.1) is 17.8 Å². The van der Waals surface area contributed by atoms with E-state index in [9.17, 15) is 0 Å². The molecule has 0 heterocycles. The summed E-state index contributed by atoms with van der Waals surface area (Å²) in [5, 5.41) is 0. The molecule has 1 fully saturated rings. The van der Waals surface area contributed by atoms with Gasteiger partial charge in [-0.05, 0) is 43.0 Å². The predicted molar refractivity (Wildman–Crippen MR) is 69.8 cm³/mol. The average molecular weight is 229 g/mol. The lowest BCUT2D eigenvalue weighted by atomic mass is 10.1. The molecule has 1 saturated carbocycles. The number of ether oxygens (including phenoxy) is 1. The Hall–Kier alpha value is -1.46. The number of rotatable bonds is 3. The fourth-order valence-corrected chi connectivity index (χ4v) is 2.18. The molecule has 90 valence electrons. The van der Waals surface area contributed by atoms with Gasteiger partial charge >= 0.3 is 0 Å². The summed E-state index contributed by atoms with van der Waals surface area (Å²) < 4.78 is 5.78. The minimum absolute atomic E-state index is 0.403. The first-order chi connectivity index (χ1) is 8.38. The molecule has 2 rings (SSSR count). The summed E-state index contributed by atoms with van der Waals surface area (Å²) in [5.41, 5.74) is 6.31. The second kappa shape index (κ2) is 6.32. The summed E-state index contributed by atoms with van der Waals surface area (Å²) in [5.74, 6) is 7.53. The van der Waals surface area contributed by atoms with E-state index in [2.05, 4.69) is 11.8 Å². The van der Waals surface area contributed by atoms with Crippen molar-refractivity contribution < 1.29 is 4.74 Å².